The Morgan fingerprint density at radius 1 is 1.05 bits per heavy atom. The minimum atomic E-state index is -0.391. The molecule has 1 aromatic heterocycles. The van der Waals surface area contributed by atoms with Crippen LogP contribution in [0, 0.1) is 11.6 Å². The first-order valence-corrected chi connectivity index (χ1v) is 6.88. The van der Waals surface area contributed by atoms with Crippen molar-refractivity contribution in [3.8, 4) is 11.1 Å². The lowest BCUT2D eigenvalue weighted by atomic mass is 9.97. The summed E-state index contributed by atoms with van der Waals surface area (Å²) in [6.07, 6.45) is 1.82. The molecule has 0 unspecified atom stereocenters. The van der Waals surface area contributed by atoms with Gasteiger partial charge in [-0.15, -0.1) is 0 Å². The fourth-order valence-corrected chi connectivity index (χ4v) is 2.55. The first-order valence-electron chi connectivity index (χ1n) is 6.88. The van der Waals surface area contributed by atoms with Gasteiger partial charge in [0, 0.05) is 30.3 Å². The number of halogens is 2. The topological polar surface area (TPSA) is 17.8 Å². The molecule has 0 aliphatic carbocycles. The first-order chi connectivity index (χ1) is 9.95. The van der Waals surface area contributed by atoms with Gasteiger partial charge in [0.25, 0.3) is 0 Å². The molecule has 0 saturated heterocycles. The summed E-state index contributed by atoms with van der Waals surface area (Å²) in [7, 11) is 1.79. The second-order valence-electron chi connectivity index (χ2n) is 5.58. The van der Waals surface area contributed by atoms with Gasteiger partial charge in [-0.25, -0.2) is 8.78 Å². The van der Waals surface area contributed by atoms with Crippen molar-refractivity contribution in [3.63, 3.8) is 0 Å². The lowest BCUT2D eigenvalue weighted by Gasteiger charge is -2.10. The van der Waals surface area contributed by atoms with E-state index in [1.165, 1.54) is 12.1 Å². The third-order valence-electron chi connectivity index (χ3n) is 3.64. The molecule has 2 aromatic carbocycles. The summed E-state index contributed by atoms with van der Waals surface area (Å²) in [5.74, 6) is -0.587. The van der Waals surface area contributed by atoms with Crippen molar-refractivity contribution in [2.45, 2.75) is 19.8 Å². The molecule has 0 bridgehead atoms. The Hall–Kier alpha value is -2.23. The van der Waals surface area contributed by atoms with Gasteiger partial charge in [-0.2, -0.15) is 5.10 Å². The van der Waals surface area contributed by atoms with E-state index in [1.54, 1.807) is 29.9 Å². The number of hydrogen-bond acceptors (Lipinski definition) is 1. The van der Waals surface area contributed by atoms with Crippen LogP contribution in [0.1, 0.15) is 25.3 Å². The zero-order valence-electron chi connectivity index (χ0n) is 12.2. The summed E-state index contributed by atoms with van der Waals surface area (Å²) < 4.78 is 30.0. The van der Waals surface area contributed by atoms with Crippen molar-refractivity contribution in [2.75, 3.05) is 0 Å². The molecule has 0 aliphatic rings. The fourth-order valence-electron chi connectivity index (χ4n) is 2.55. The zero-order valence-corrected chi connectivity index (χ0v) is 12.2. The lowest BCUT2D eigenvalue weighted by Crippen LogP contribution is -1.94. The first kappa shape index (κ1) is 13.7. The number of fused-ring (bicyclic) bond motifs is 1. The Balaban J connectivity index is 2.15. The van der Waals surface area contributed by atoms with Crippen LogP contribution in [0.2, 0.25) is 0 Å². The van der Waals surface area contributed by atoms with E-state index in [2.05, 4.69) is 5.10 Å². The van der Waals surface area contributed by atoms with Crippen LogP contribution >= 0.6 is 0 Å². The SMILES string of the molecule is CC(C)c1ccc(-c2cc3cn(C)nc3cc2F)cc1F. The number of rotatable bonds is 2. The third-order valence-corrected chi connectivity index (χ3v) is 3.64. The molecule has 0 N–H and O–H groups in total. The van der Waals surface area contributed by atoms with E-state index in [0.717, 1.165) is 5.39 Å². The molecular formula is C17H16F2N2. The Bertz CT molecular complexity index is 819. The van der Waals surface area contributed by atoms with Crippen molar-refractivity contribution >= 4 is 10.9 Å². The number of aromatic nitrogens is 2. The molecule has 1 heterocycles. The van der Waals surface area contributed by atoms with Crippen LogP contribution in [0.5, 0.6) is 0 Å². The zero-order chi connectivity index (χ0) is 15.1. The molecule has 2 nitrogen and oxygen atoms in total. The summed E-state index contributed by atoms with van der Waals surface area (Å²) in [5, 5.41) is 5.00. The van der Waals surface area contributed by atoms with E-state index in [4.69, 9.17) is 0 Å². The molecule has 0 aliphatic heterocycles. The summed E-state index contributed by atoms with van der Waals surface area (Å²) in [5.41, 5.74) is 2.17. The Kier molecular flexibility index (Phi) is 3.24. The maximum atomic E-state index is 14.2. The van der Waals surface area contributed by atoms with E-state index in [9.17, 15) is 8.78 Å². The minimum absolute atomic E-state index is 0.102. The predicted octanol–water partition coefficient (Wildman–Crippen LogP) is 4.64. The van der Waals surface area contributed by atoms with E-state index < -0.39 is 5.82 Å². The Morgan fingerprint density at radius 2 is 1.81 bits per heavy atom. The molecule has 0 fully saturated rings. The maximum Gasteiger partial charge on any atom is 0.133 e. The molecule has 21 heavy (non-hydrogen) atoms. The lowest BCUT2D eigenvalue weighted by molar-refractivity contribution is 0.598. The van der Waals surface area contributed by atoms with Crippen LogP contribution in [0.3, 0.4) is 0 Å². The molecule has 4 heteroatoms. The quantitative estimate of drug-likeness (QED) is 0.671. The number of hydrogen-bond donors (Lipinski definition) is 0. The van der Waals surface area contributed by atoms with Crippen molar-refractivity contribution in [3.05, 3.63) is 53.7 Å². The number of nitrogens with zero attached hydrogens (tertiary/aromatic N) is 2. The Morgan fingerprint density at radius 3 is 2.48 bits per heavy atom. The predicted molar refractivity (Wildman–Crippen MR) is 80.2 cm³/mol. The van der Waals surface area contributed by atoms with Gasteiger partial charge in [0.1, 0.15) is 11.6 Å². The highest BCUT2D eigenvalue weighted by Crippen LogP contribution is 2.30. The molecular weight excluding hydrogens is 270 g/mol. The van der Waals surface area contributed by atoms with Crippen LogP contribution in [-0.4, -0.2) is 9.78 Å². The summed E-state index contributed by atoms with van der Waals surface area (Å²) >= 11 is 0. The number of aryl methyl sites for hydroxylation is 1. The second kappa shape index (κ2) is 4.95. The summed E-state index contributed by atoms with van der Waals surface area (Å²) in [6.45, 7) is 3.86. The van der Waals surface area contributed by atoms with Gasteiger partial charge in [-0.3, -0.25) is 4.68 Å². The van der Waals surface area contributed by atoms with Gasteiger partial charge >= 0.3 is 0 Å². The molecule has 0 saturated carbocycles. The molecule has 3 aromatic rings. The molecule has 0 atom stereocenters. The van der Waals surface area contributed by atoms with E-state index >= 15 is 0 Å². The van der Waals surface area contributed by atoms with Gasteiger partial charge in [-0.1, -0.05) is 26.0 Å². The molecule has 3 rings (SSSR count). The molecule has 0 amide bonds. The molecule has 0 radical (unpaired) electrons. The van der Waals surface area contributed by atoms with Crippen LogP contribution in [0.25, 0.3) is 22.0 Å². The van der Waals surface area contributed by atoms with Crippen molar-refractivity contribution < 1.29 is 8.78 Å². The van der Waals surface area contributed by atoms with Crippen molar-refractivity contribution in [1.29, 1.82) is 0 Å². The van der Waals surface area contributed by atoms with Gasteiger partial charge in [0.05, 0.1) is 5.52 Å². The molecule has 108 valence electrons. The maximum absolute atomic E-state index is 14.2. The highest BCUT2D eigenvalue weighted by Gasteiger charge is 2.13. The van der Waals surface area contributed by atoms with E-state index in [0.29, 0.717) is 22.2 Å². The average Bonchev–Trinajstić information content (AvgIpc) is 2.76. The normalized spacial score (nSPS) is 11.5. The Labute approximate surface area is 122 Å². The standard InChI is InChI=1S/C17H16F2N2/c1-10(2)13-5-4-11(7-15(13)18)14-6-12-9-21(3)20-17(12)8-16(14)19/h4-10H,1-3H3. The van der Waals surface area contributed by atoms with Crippen LogP contribution in [-0.2, 0) is 7.05 Å². The van der Waals surface area contributed by atoms with Gasteiger partial charge in [0.15, 0.2) is 0 Å². The summed E-state index contributed by atoms with van der Waals surface area (Å²) in [6, 6.07) is 7.98. The minimum Gasteiger partial charge on any atom is -0.275 e. The van der Waals surface area contributed by atoms with E-state index in [1.807, 2.05) is 20.0 Å². The average molecular weight is 286 g/mol. The van der Waals surface area contributed by atoms with Gasteiger partial charge in [-0.05, 0) is 29.2 Å². The van der Waals surface area contributed by atoms with Crippen molar-refractivity contribution in [1.82, 2.24) is 9.78 Å². The smallest absolute Gasteiger partial charge is 0.133 e. The van der Waals surface area contributed by atoms with Crippen LogP contribution < -0.4 is 0 Å². The monoisotopic (exact) mass is 286 g/mol. The van der Waals surface area contributed by atoms with Crippen molar-refractivity contribution in [2.24, 2.45) is 7.05 Å². The van der Waals surface area contributed by atoms with E-state index in [-0.39, 0.29) is 11.7 Å². The number of benzene rings is 2. The third kappa shape index (κ3) is 2.42. The largest absolute Gasteiger partial charge is 0.275 e. The highest BCUT2D eigenvalue weighted by molar-refractivity contribution is 5.84. The second-order valence-corrected chi connectivity index (χ2v) is 5.58. The van der Waals surface area contributed by atoms with Crippen LogP contribution in [0.15, 0.2) is 36.5 Å². The summed E-state index contributed by atoms with van der Waals surface area (Å²) in [4.78, 5) is 0. The fraction of sp³-hybridized carbons (Fsp3) is 0.235. The van der Waals surface area contributed by atoms with Crippen LogP contribution in [0.4, 0.5) is 8.78 Å². The van der Waals surface area contributed by atoms with Gasteiger partial charge < -0.3 is 0 Å². The molecule has 0 spiro atoms. The highest BCUT2D eigenvalue weighted by atomic mass is 19.1. The van der Waals surface area contributed by atoms with Gasteiger partial charge in [0.2, 0.25) is 0 Å².